The monoisotopic (exact) mass is 464 g/mol. The quantitative estimate of drug-likeness (QED) is 0.275. The molecule has 0 heterocycles. The van der Waals surface area contributed by atoms with Crippen molar-refractivity contribution in [2.45, 2.75) is 6.92 Å². The second-order valence-corrected chi connectivity index (χ2v) is 7.15. The summed E-state index contributed by atoms with van der Waals surface area (Å²) < 4.78 is 16.2. The minimum absolute atomic E-state index is 0.141. The maximum Gasteiger partial charge on any atom is 0.338 e. The second-order valence-electron chi connectivity index (χ2n) is 6.74. The van der Waals surface area contributed by atoms with Crippen molar-refractivity contribution in [1.29, 1.82) is 0 Å². The molecule has 0 saturated carbocycles. The molecule has 3 aromatic rings. The van der Waals surface area contributed by atoms with Crippen molar-refractivity contribution in [3.8, 4) is 11.5 Å². The number of ether oxygens (including phenoxy) is 3. The van der Waals surface area contributed by atoms with Gasteiger partial charge in [-0.05, 0) is 79.8 Å². The summed E-state index contributed by atoms with van der Waals surface area (Å²) >= 11 is 5.20. The van der Waals surface area contributed by atoms with Crippen LogP contribution >= 0.6 is 12.2 Å². The Morgan fingerprint density at radius 2 is 1.36 bits per heavy atom. The Labute approximate surface area is 197 Å². The molecule has 0 fully saturated rings. The Bertz CT molecular complexity index is 1070. The third-order valence-electron chi connectivity index (χ3n) is 4.36. The van der Waals surface area contributed by atoms with Crippen molar-refractivity contribution < 1.29 is 23.8 Å². The summed E-state index contributed by atoms with van der Waals surface area (Å²) in [6, 6.07) is 22.8. The predicted octanol–water partition coefficient (Wildman–Crippen LogP) is 4.45. The lowest BCUT2D eigenvalue weighted by Crippen LogP contribution is -2.34. The first kappa shape index (κ1) is 23.7. The Balaban J connectivity index is 1.43. The zero-order valence-corrected chi connectivity index (χ0v) is 18.9. The zero-order chi connectivity index (χ0) is 23.5. The van der Waals surface area contributed by atoms with Crippen molar-refractivity contribution in [3.05, 3.63) is 90.0 Å². The Morgan fingerprint density at radius 1 is 0.788 bits per heavy atom. The largest absolute Gasteiger partial charge is 0.490 e. The van der Waals surface area contributed by atoms with Crippen molar-refractivity contribution in [3.63, 3.8) is 0 Å². The number of nitrogens with one attached hydrogen (secondary N) is 2. The van der Waals surface area contributed by atoms with E-state index in [4.69, 9.17) is 26.4 Å². The lowest BCUT2D eigenvalue weighted by Gasteiger charge is -2.11. The fraction of sp³-hybridized carbons (Fsp3) is 0.160. The highest BCUT2D eigenvalue weighted by molar-refractivity contribution is 7.80. The van der Waals surface area contributed by atoms with E-state index in [-0.39, 0.29) is 11.0 Å². The van der Waals surface area contributed by atoms with E-state index >= 15 is 0 Å². The first-order valence-electron chi connectivity index (χ1n) is 10.4. The molecular formula is C25H24N2O5S. The van der Waals surface area contributed by atoms with E-state index in [1.165, 1.54) is 0 Å². The van der Waals surface area contributed by atoms with Gasteiger partial charge in [0.05, 0.1) is 12.2 Å². The fourth-order valence-electron chi connectivity index (χ4n) is 2.78. The lowest BCUT2D eigenvalue weighted by molar-refractivity contribution is 0.0526. The van der Waals surface area contributed by atoms with Gasteiger partial charge in [0.25, 0.3) is 5.91 Å². The zero-order valence-electron chi connectivity index (χ0n) is 18.1. The van der Waals surface area contributed by atoms with Crippen LogP contribution < -0.4 is 20.1 Å². The van der Waals surface area contributed by atoms with Gasteiger partial charge in [-0.25, -0.2) is 4.79 Å². The summed E-state index contributed by atoms with van der Waals surface area (Å²) in [6.07, 6.45) is 0. The summed E-state index contributed by atoms with van der Waals surface area (Å²) in [4.78, 5) is 24.1. The number of thiocarbonyl (C=S) groups is 1. The molecule has 0 aliphatic carbocycles. The standard InChI is InChI=1S/C25H24N2O5S/c1-2-30-24(29)19-8-12-20(13-9-19)26-25(33)27-23(28)18-10-14-22(15-11-18)32-17-16-31-21-6-4-3-5-7-21/h3-15H,2,16-17H2,1H3,(H2,26,27,28,33). The molecule has 2 N–H and O–H groups in total. The Morgan fingerprint density at radius 3 is 1.97 bits per heavy atom. The molecule has 170 valence electrons. The maximum absolute atomic E-state index is 12.4. The summed E-state index contributed by atoms with van der Waals surface area (Å²) in [5.41, 5.74) is 1.51. The SMILES string of the molecule is CCOC(=O)c1ccc(NC(=S)NC(=O)c2ccc(OCCOc3ccccc3)cc2)cc1. The first-order valence-corrected chi connectivity index (χ1v) is 10.8. The van der Waals surface area contributed by atoms with Crippen LogP contribution in [0, 0.1) is 0 Å². The average molecular weight is 465 g/mol. The number of esters is 1. The van der Waals surface area contributed by atoms with E-state index in [0.717, 1.165) is 5.75 Å². The van der Waals surface area contributed by atoms with Crippen LogP contribution in [0.5, 0.6) is 11.5 Å². The molecule has 3 rings (SSSR count). The molecule has 0 saturated heterocycles. The van der Waals surface area contributed by atoms with Gasteiger partial charge >= 0.3 is 5.97 Å². The van der Waals surface area contributed by atoms with Crippen LogP contribution in [0.25, 0.3) is 0 Å². The molecule has 0 aliphatic heterocycles. The second kappa shape index (κ2) is 12.2. The molecule has 0 radical (unpaired) electrons. The van der Waals surface area contributed by atoms with Gasteiger partial charge < -0.3 is 19.5 Å². The van der Waals surface area contributed by atoms with Gasteiger partial charge in [-0.15, -0.1) is 0 Å². The number of hydrogen-bond acceptors (Lipinski definition) is 6. The highest BCUT2D eigenvalue weighted by Gasteiger charge is 2.10. The normalized spacial score (nSPS) is 10.1. The number of benzene rings is 3. The van der Waals surface area contributed by atoms with E-state index < -0.39 is 5.97 Å². The molecule has 0 unspecified atom stereocenters. The molecule has 3 aromatic carbocycles. The summed E-state index contributed by atoms with van der Waals surface area (Å²) in [6.45, 7) is 2.85. The van der Waals surface area contributed by atoms with Gasteiger partial charge in [-0.2, -0.15) is 0 Å². The van der Waals surface area contributed by atoms with Crippen molar-refractivity contribution in [2.24, 2.45) is 0 Å². The minimum atomic E-state index is -0.393. The van der Waals surface area contributed by atoms with Gasteiger partial charge in [0.1, 0.15) is 24.7 Å². The molecule has 7 nitrogen and oxygen atoms in total. The van der Waals surface area contributed by atoms with E-state index in [1.54, 1.807) is 55.5 Å². The van der Waals surface area contributed by atoms with E-state index in [0.29, 0.717) is 42.4 Å². The van der Waals surface area contributed by atoms with Crippen LogP contribution in [-0.2, 0) is 4.74 Å². The highest BCUT2D eigenvalue weighted by atomic mass is 32.1. The third kappa shape index (κ3) is 7.62. The number of anilines is 1. The molecule has 0 aromatic heterocycles. The maximum atomic E-state index is 12.4. The molecular weight excluding hydrogens is 440 g/mol. The van der Waals surface area contributed by atoms with Crippen molar-refractivity contribution >= 4 is 34.9 Å². The van der Waals surface area contributed by atoms with E-state index in [2.05, 4.69) is 10.6 Å². The van der Waals surface area contributed by atoms with Crippen LogP contribution in [0.15, 0.2) is 78.9 Å². The van der Waals surface area contributed by atoms with Gasteiger partial charge in [-0.1, -0.05) is 18.2 Å². The number of hydrogen-bond donors (Lipinski definition) is 2. The fourth-order valence-corrected chi connectivity index (χ4v) is 2.99. The van der Waals surface area contributed by atoms with Crippen LogP contribution in [-0.4, -0.2) is 36.8 Å². The van der Waals surface area contributed by atoms with Gasteiger partial charge in [0.2, 0.25) is 0 Å². The number of amides is 1. The average Bonchev–Trinajstić information content (AvgIpc) is 2.83. The smallest absolute Gasteiger partial charge is 0.338 e. The summed E-state index contributed by atoms with van der Waals surface area (Å²) in [5, 5.41) is 5.67. The van der Waals surface area contributed by atoms with Crippen molar-refractivity contribution in [1.82, 2.24) is 5.32 Å². The van der Waals surface area contributed by atoms with E-state index in [9.17, 15) is 9.59 Å². The van der Waals surface area contributed by atoms with Gasteiger partial charge in [-0.3, -0.25) is 10.1 Å². The van der Waals surface area contributed by atoms with Crippen LogP contribution in [0.2, 0.25) is 0 Å². The summed E-state index contributed by atoms with van der Waals surface area (Å²) in [5.74, 6) is 0.670. The molecule has 0 atom stereocenters. The van der Waals surface area contributed by atoms with Crippen LogP contribution in [0.4, 0.5) is 5.69 Å². The third-order valence-corrected chi connectivity index (χ3v) is 4.57. The Kier molecular flexibility index (Phi) is 8.79. The Hall–Kier alpha value is -3.91. The highest BCUT2D eigenvalue weighted by Crippen LogP contribution is 2.14. The first-order chi connectivity index (χ1) is 16.0. The summed E-state index contributed by atoms with van der Waals surface area (Å²) in [7, 11) is 0. The van der Waals surface area contributed by atoms with E-state index in [1.807, 2.05) is 30.3 Å². The molecule has 0 bridgehead atoms. The van der Waals surface area contributed by atoms with Crippen LogP contribution in [0.3, 0.4) is 0 Å². The number of rotatable bonds is 9. The topological polar surface area (TPSA) is 85.9 Å². The van der Waals surface area contributed by atoms with Gasteiger partial charge in [0.15, 0.2) is 5.11 Å². The van der Waals surface area contributed by atoms with Crippen molar-refractivity contribution in [2.75, 3.05) is 25.1 Å². The lowest BCUT2D eigenvalue weighted by atomic mass is 10.2. The number of para-hydroxylation sites is 1. The molecule has 0 spiro atoms. The number of carbonyl (C=O) groups is 2. The molecule has 0 aliphatic rings. The van der Waals surface area contributed by atoms with Gasteiger partial charge in [0, 0.05) is 11.3 Å². The molecule has 1 amide bonds. The molecule has 33 heavy (non-hydrogen) atoms. The predicted molar refractivity (Wildman–Crippen MR) is 130 cm³/mol. The van der Waals surface area contributed by atoms with Crippen LogP contribution in [0.1, 0.15) is 27.6 Å². The minimum Gasteiger partial charge on any atom is -0.490 e. The number of carbonyl (C=O) groups excluding carboxylic acids is 2. The molecule has 8 heteroatoms.